The summed E-state index contributed by atoms with van der Waals surface area (Å²) in [5, 5.41) is 6.70. The smallest absolute Gasteiger partial charge is 0.251 e. The molecular weight excluding hydrogens is 410 g/mol. The predicted octanol–water partition coefficient (Wildman–Crippen LogP) is 4.14. The molecular formula is C28H39N3O2. The number of hydrogen-bond acceptors (Lipinski definition) is 4. The predicted molar refractivity (Wildman–Crippen MR) is 134 cm³/mol. The fraction of sp³-hybridized carbons (Fsp3) is 0.536. The highest BCUT2D eigenvalue weighted by atomic mass is 16.5. The van der Waals surface area contributed by atoms with Crippen LogP contribution in [0.15, 0.2) is 54.6 Å². The van der Waals surface area contributed by atoms with Crippen LogP contribution < -0.4 is 15.4 Å². The summed E-state index contributed by atoms with van der Waals surface area (Å²) in [5.41, 5.74) is 1.68. The second-order valence-electron chi connectivity index (χ2n) is 10.8. The molecule has 2 aromatic carbocycles. The molecule has 2 fully saturated rings. The number of carbonyl (C=O) groups is 1. The summed E-state index contributed by atoms with van der Waals surface area (Å²) in [4.78, 5) is 15.6. The first-order chi connectivity index (χ1) is 15.8. The maximum absolute atomic E-state index is 13.1. The fourth-order valence-electron chi connectivity index (χ4n) is 5.91. The van der Waals surface area contributed by atoms with Gasteiger partial charge in [-0.15, -0.1) is 0 Å². The second-order valence-corrected chi connectivity index (χ2v) is 10.8. The van der Waals surface area contributed by atoms with Crippen molar-refractivity contribution < 1.29 is 9.53 Å². The van der Waals surface area contributed by atoms with Gasteiger partial charge in [-0.3, -0.25) is 4.79 Å². The summed E-state index contributed by atoms with van der Waals surface area (Å²) in [5.74, 6) is 0.868. The molecule has 0 radical (unpaired) electrons. The van der Waals surface area contributed by atoms with E-state index >= 15 is 0 Å². The second kappa shape index (κ2) is 9.86. The van der Waals surface area contributed by atoms with Crippen LogP contribution in [-0.2, 0) is 6.42 Å². The number of carbonyl (C=O) groups excluding carboxylic acids is 1. The molecule has 0 aromatic heterocycles. The van der Waals surface area contributed by atoms with Crippen LogP contribution >= 0.6 is 0 Å². The van der Waals surface area contributed by atoms with Gasteiger partial charge in [-0.1, -0.05) is 58.0 Å². The number of benzene rings is 2. The number of para-hydroxylation sites is 1. The summed E-state index contributed by atoms with van der Waals surface area (Å²) in [7, 11) is 0. The average molecular weight is 450 g/mol. The minimum atomic E-state index is -0.168. The van der Waals surface area contributed by atoms with E-state index in [4.69, 9.17) is 4.74 Å². The summed E-state index contributed by atoms with van der Waals surface area (Å²) in [6.07, 6.45) is 2.22. The molecule has 1 aliphatic heterocycles. The Bertz CT molecular complexity index is 902. The Balaban J connectivity index is 1.31. The number of nitrogens with zero attached hydrogens (tertiary/aromatic N) is 1. The van der Waals surface area contributed by atoms with Gasteiger partial charge in [-0.25, -0.2) is 0 Å². The lowest BCUT2D eigenvalue weighted by Crippen LogP contribution is -2.74. The monoisotopic (exact) mass is 449 g/mol. The number of ether oxygens (including phenoxy) is 1. The third kappa shape index (κ3) is 5.25. The number of amides is 1. The number of hydrogen-bond donors (Lipinski definition) is 2. The lowest BCUT2D eigenvalue weighted by Gasteiger charge is -2.63. The van der Waals surface area contributed by atoms with Crippen molar-refractivity contribution in [2.45, 2.75) is 52.7 Å². The van der Waals surface area contributed by atoms with Crippen molar-refractivity contribution in [3.8, 4) is 5.75 Å². The molecule has 2 aromatic rings. The van der Waals surface area contributed by atoms with Gasteiger partial charge in [-0.2, -0.15) is 0 Å². The minimum Gasteiger partial charge on any atom is -0.489 e. The topological polar surface area (TPSA) is 53.6 Å². The molecule has 0 spiro atoms. The first-order valence-corrected chi connectivity index (χ1v) is 12.3. The first-order valence-electron chi connectivity index (χ1n) is 12.3. The Labute approximate surface area is 198 Å². The van der Waals surface area contributed by atoms with Crippen molar-refractivity contribution in [1.29, 1.82) is 0 Å². The normalized spacial score (nSPS) is 24.0. The van der Waals surface area contributed by atoms with Crippen LogP contribution in [0.1, 0.15) is 50.0 Å². The molecule has 4 rings (SSSR count). The largest absolute Gasteiger partial charge is 0.489 e. The highest BCUT2D eigenvalue weighted by molar-refractivity contribution is 5.94. The number of aryl methyl sites for hydroxylation is 1. The molecule has 5 nitrogen and oxygen atoms in total. The van der Waals surface area contributed by atoms with Crippen molar-refractivity contribution in [3.05, 3.63) is 65.7 Å². The van der Waals surface area contributed by atoms with Gasteiger partial charge in [0.25, 0.3) is 5.91 Å². The summed E-state index contributed by atoms with van der Waals surface area (Å²) in [6.45, 7) is 14.3. The van der Waals surface area contributed by atoms with Gasteiger partial charge in [0.05, 0.1) is 0 Å². The maximum atomic E-state index is 13.1. The van der Waals surface area contributed by atoms with Crippen molar-refractivity contribution in [3.63, 3.8) is 0 Å². The zero-order valence-electron chi connectivity index (χ0n) is 20.6. The van der Waals surface area contributed by atoms with E-state index in [1.165, 1.54) is 5.56 Å². The standard InChI is InChI=1S/C28H39N3O2/c1-27(2)25(28(3,4)26(27)33-23-10-6-5-7-11-23)30-24(32)22-14-12-21(13-15-22)9-8-18-31-19-16-29-17-20-31/h5-7,10-15,25-26,29H,8-9,16-20H2,1-4H3,(H,30,32)/t25-,26-. The highest BCUT2D eigenvalue weighted by Gasteiger charge is 2.64. The molecule has 0 bridgehead atoms. The lowest BCUT2D eigenvalue weighted by molar-refractivity contribution is -0.164. The van der Waals surface area contributed by atoms with Crippen molar-refractivity contribution in [2.75, 3.05) is 32.7 Å². The van der Waals surface area contributed by atoms with E-state index in [-0.39, 0.29) is 28.9 Å². The number of piperazine rings is 1. The molecule has 0 atom stereocenters. The molecule has 1 aliphatic carbocycles. The molecule has 33 heavy (non-hydrogen) atoms. The number of nitrogens with one attached hydrogen (secondary N) is 2. The first kappa shape index (κ1) is 23.8. The van der Waals surface area contributed by atoms with E-state index in [1.54, 1.807) is 0 Å². The van der Waals surface area contributed by atoms with E-state index in [0.717, 1.165) is 56.9 Å². The Morgan fingerprint density at radius 3 is 2.27 bits per heavy atom. The molecule has 1 saturated heterocycles. The molecule has 5 heteroatoms. The third-order valence-electron chi connectivity index (χ3n) is 7.48. The van der Waals surface area contributed by atoms with E-state index in [2.05, 4.69) is 55.4 Å². The van der Waals surface area contributed by atoms with Crippen LogP contribution in [0.3, 0.4) is 0 Å². The molecule has 178 valence electrons. The van der Waals surface area contributed by atoms with Gasteiger partial charge >= 0.3 is 0 Å². The van der Waals surface area contributed by atoms with Crippen LogP contribution in [-0.4, -0.2) is 55.7 Å². The van der Waals surface area contributed by atoms with E-state index in [0.29, 0.717) is 0 Å². The van der Waals surface area contributed by atoms with E-state index < -0.39 is 0 Å². The number of rotatable bonds is 8. The quantitative estimate of drug-likeness (QED) is 0.636. The molecule has 1 heterocycles. The Morgan fingerprint density at radius 1 is 1.00 bits per heavy atom. The van der Waals surface area contributed by atoms with Gasteiger partial charge < -0.3 is 20.3 Å². The van der Waals surface area contributed by atoms with Crippen LogP contribution in [0.2, 0.25) is 0 Å². The highest BCUT2D eigenvalue weighted by Crippen LogP contribution is 2.55. The van der Waals surface area contributed by atoms with Gasteiger partial charge in [0.2, 0.25) is 0 Å². The minimum absolute atomic E-state index is 0.00771. The SMILES string of the molecule is CC1(C)[C@H](NC(=O)c2ccc(CCCN3CCNCC3)cc2)C(C)(C)[C@H]1Oc1ccccc1. The molecule has 1 saturated carbocycles. The Morgan fingerprint density at radius 2 is 1.64 bits per heavy atom. The van der Waals surface area contributed by atoms with Crippen LogP contribution in [0.4, 0.5) is 0 Å². The maximum Gasteiger partial charge on any atom is 0.251 e. The fourth-order valence-corrected chi connectivity index (χ4v) is 5.91. The van der Waals surface area contributed by atoms with Gasteiger partial charge in [0, 0.05) is 48.6 Å². The van der Waals surface area contributed by atoms with E-state index in [1.807, 2.05) is 42.5 Å². The lowest BCUT2D eigenvalue weighted by atomic mass is 9.49. The molecule has 2 aliphatic rings. The summed E-state index contributed by atoms with van der Waals surface area (Å²) >= 11 is 0. The van der Waals surface area contributed by atoms with Crippen molar-refractivity contribution in [2.24, 2.45) is 10.8 Å². The Kier molecular flexibility index (Phi) is 7.10. The zero-order chi connectivity index (χ0) is 23.5. The van der Waals surface area contributed by atoms with Crippen LogP contribution in [0.25, 0.3) is 0 Å². The van der Waals surface area contributed by atoms with E-state index in [9.17, 15) is 4.79 Å². The molecule has 0 unspecified atom stereocenters. The molecule has 1 amide bonds. The van der Waals surface area contributed by atoms with Gasteiger partial charge in [0.1, 0.15) is 11.9 Å². The Hall–Kier alpha value is -2.37. The average Bonchev–Trinajstić information content (AvgIpc) is 2.82. The van der Waals surface area contributed by atoms with Crippen molar-refractivity contribution >= 4 is 5.91 Å². The summed E-state index contributed by atoms with van der Waals surface area (Å²) < 4.78 is 6.34. The van der Waals surface area contributed by atoms with Crippen LogP contribution in [0, 0.1) is 10.8 Å². The zero-order valence-corrected chi connectivity index (χ0v) is 20.6. The molecule has 2 N–H and O–H groups in total. The summed E-state index contributed by atoms with van der Waals surface area (Å²) in [6, 6.07) is 18.1. The third-order valence-corrected chi connectivity index (χ3v) is 7.48. The van der Waals surface area contributed by atoms with Crippen LogP contribution in [0.5, 0.6) is 5.75 Å². The van der Waals surface area contributed by atoms with Gasteiger partial charge in [-0.05, 0) is 49.2 Å². The van der Waals surface area contributed by atoms with Crippen molar-refractivity contribution in [1.82, 2.24) is 15.5 Å². The van der Waals surface area contributed by atoms with Gasteiger partial charge in [0.15, 0.2) is 0 Å².